The Morgan fingerprint density at radius 1 is 1.40 bits per heavy atom. The Labute approximate surface area is 58.5 Å². The maximum atomic E-state index is 9.12. The van der Waals surface area contributed by atoms with Crippen molar-refractivity contribution in [3.8, 4) is 0 Å². The number of aliphatic hydroxyl groups excluding tert-OH is 3. The molecule has 1 rings (SSSR count). The van der Waals surface area contributed by atoms with Crippen molar-refractivity contribution in [2.24, 2.45) is 5.73 Å². The molecule has 1 fully saturated rings. The molecule has 0 amide bonds. The van der Waals surface area contributed by atoms with Crippen LogP contribution in [0.25, 0.3) is 0 Å². The summed E-state index contributed by atoms with van der Waals surface area (Å²) >= 11 is 0. The van der Waals surface area contributed by atoms with Crippen LogP contribution in [-0.2, 0) is 0 Å². The fourth-order valence-electron chi connectivity index (χ4n) is 1.04. The molecule has 0 aromatic heterocycles. The highest BCUT2D eigenvalue weighted by atomic mass is 16.3. The molecule has 0 aromatic rings. The quantitative estimate of drug-likeness (QED) is 0.272. The molecular formula is C5H12N2O3. The van der Waals surface area contributed by atoms with Gasteiger partial charge in [-0.3, -0.25) is 5.32 Å². The van der Waals surface area contributed by atoms with Gasteiger partial charge < -0.3 is 21.1 Å². The second kappa shape index (κ2) is 2.81. The molecule has 0 saturated carbocycles. The van der Waals surface area contributed by atoms with Crippen molar-refractivity contribution in [1.82, 2.24) is 5.32 Å². The molecule has 6 N–H and O–H groups in total. The summed E-state index contributed by atoms with van der Waals surface area (Å²) < 4.78 is 0. The average Bonchev–Trinajstić information content (AvgIpc) is 2.17. The van der Waals surface area contributed by atoms with Crippen LogP contribution in [0, 0.1) is 0 Å². The molecule has 0 bridgehead atoms. The summed E-state index contributed by atoms with van der Waals surface area (Å²) in [5.41, 5.74) is 5.31. The molecule has 0 aromatic carbocycles. The van der Waals surface area contributed by atoms with E-state index in [1.165, 1.54) is 0 Å². The molecule has 0 aliphatic carbocycles. The first-order valence-corrected chi connectivity index (χ1v) is 3.15. The van der Waals surface area contributed by atoms with E-state index in [0.717, 1.165) is 0 Å². The fourth-order valence-corrected chi connectivity index (χ4v) is 1.04. The number of nitrogens with one attached hydrogen (secondary N) is 1. The molecule has 4 atom stereocenters. The lowest BCUT2D eigenvalue weighted by Gasteiger charge is -2.12. The molecule has 5 nitrogen and oxygen atoms in total. The smallest absolute Gasteiger partial charge is 0.123 e. The molecule has 5 heteroatoms. The zero-order chi connectivity index (χ0) is 7.72. The van der Waals surface area contributed by atoms with Crippen LogP contribution >= 0.6 is 0 Å². The van der Waals surface area contributed by atoms with E-state index in [1.807, 2.05) is 0 Å². The molecule has 0 spiro atoms. The van der Waals surface area contributed by atoms with Crippen LogP contribution in [0.3, 0.4) is 0 Å². The van der Waals surface area contributed by atoms with Crippen molar-refractivity contribution < 1.29 is 15.3 Å². The van der Waals surface area contributed by atoms with Crippen molar-refractivity contribution in [2.45, 2.75) is 24.4 Å². The zero-order valence-corrected chi connectivity index (χ0v) is 5.44. The summed E-state index contributed by atoms with van der Waals surface area (Å²) in [5.74, 6) is 0. The van der Waals surface area contributed by atoms with E-state index in [2.05, 4.69) is 5.32 Å². The van der Waals surface area contributed by atoms with Gasteiger partial charge in [-0.1, -0.05) is 0 Å². The van der Waals surface area contributed by atoms with E-state index >= 15 is 0 Å². The van der Waals surface area contributed by atoms with E-state index in [9.17, 15) is 0 Å². The second-order valence-electron chi connectivity index (χ2n) is 2.47. The predicted molar refractivity (Wildman–Crippen MR) is 34.0 cm³/mol. The molecule has 1 heterocycles. The third-order valence-corrected chi connectivity index (χ3v) is 1.75. The topological polar surface area (TPSA) is 98.7 Å². The molecular weight excluding hydrogens is 136 g/mol. The molecule has 0 radical (unpaired) electrons. The lowest BCUT2D eigenvalue weighted by molar-refractivity contribution is 0.0960. The van der Waals surface area contributed by atoms with Gasteiger partial charge in [0, 0.05) is 0 Å². The van der Waals surface area contributed by atoms with Gasteiger partial charge >= 0.3 is 0 Å². The molecule has 1 aliphatic heterocycles. The van der Waals surface area contributed by atoms with Gasteiger partial charge in [-0.2, -0.15) is 0 Å². The van der Waals surface area contributed by atoms with Gasteiger partial charge in [0.25, 0.3) is 0 Å². The van der Waals surface area contributed by atoms with Gasteiger partial charge in [-0.15, -0.1) is 0 Å². The SMILES string of the molecule is NC1C(O)NC(CO)C1O. The molecule has 1 saturated heterocycles. The minimum Gasteiger partial charge on any atom is -0.395 e. The Bertz CT molecular complexity index is 121. The van der Waals surface area contributed by atoms with E-state index < -0.39 is 24.4 Å². The number of nitrogens with two attached hydrogens (primary N) is 1. The van der Waals surface area contributed by atoms with Gasteiger partial charge in [0.2, 0.25) is 0 Å². The van der Waals surface area contributed by atoms with E-state index in [-0.39, 0.29) is 6.61 Å². The van der Waals surface area contributed by atoms with Gasteiger partial charge in [0.1, 0.15) is 6.23 Å². The Morgan fingerprint density at radius 2 is 2.00 bits per heavy atom. The average molecular weight is 148 g/mol. The summed E-state index contributed by atoms with van der Waals surface area (Å²) in [4.78, 5) is 0. The monoisotopic (exact) mass is 148 g/mol. The Hall–Kier alpha value is -0.200. The molecule has 60 valence electrons. The minimum atomic E-state index is -0.910. The summed E-state index contributed by atoms with van der Waals surface area (Å²) in [6.45, 7) is -0.216. The first-order valence-electron chi connectivity index (χ1n) is 3.15. The lowest BCUT2D eigenvalue weighted by atomic mass is 10.1. The number of aliphatic hydroxyl groups is 3. The first-order chi connectivity index (χ1) is 4.66. The third kappa shape index (κ3) is 1.14. The van der Waals surface area contributed by atoms with E-state index in [0.29, 0.717) is 0 Å². The van der Waals surface area contributed by atoms with Crippen LogP contribution in [0.2, 0.25) is 0 Å². The summed E-state index contributed by atoms with van der Waals surface area (Å²) in [7, 11) is 0. The summed E-state index contributed by atoms with van der Waals surface area (Å²) in [6, 6.07) is -1.19. The fraction of sp³-hybridized carbons (Fsp3) is 1.00. The van der Waals surface area contributed by atoms with Crippen LogP contribution in [-0.4, -0.2) is 46.3 Å². The van der Waals surface area contributed by atoms with Crippen LogP contribution in [0.4, 0.5) is 0 Å². The number of hydrogen-bond acceptors (Lipinski definition) is 5. The largest absolute Gasteiger partial charge is 0.395 e. The van der Waals surface area contributed by atoms with Crippen molar-refractivity contribution in [1.29, 1.82) is 0 Å². The number of hydrogen-bond donors (Lipinski definition) is 5. The highest BCUT2D eigenvalue weighted by Gasteiger charge is 2.37. The van der Waals surface area contributed by atoms with Crippen molar-refractivity contribution in [3.05, 3.63) is 0 Å². The predicted octanol–water partition coefficient (Wildman–Crippen LogP) is -3.04. The highest BCUT2D eigenvalue weighted by Crippen LogP contribution is 2.09. The van der Waals surface area contributed by atoms with Gasteiger partial charge in [0.05, 0.1) is 24.8 Å². The maximum Gasteiger partial charge on any atom is 0.123 e. The van der Waals surface area contributed by atoms with Gasteiger partial charge in [-0.25, -0.2) is 0 Å². The lowest BCUT2D eigenvalue weighted by Crippen LogP contribution is -2.41. The Balaban J connectivity index is 2.53. The zero-order valence-electron chi connectivity index (χ0n) is 5.44. The normalized spacial score (nSPS) is 48.0. The molecule has 4 unspecified atom stereocenters. The van der Waals surface area contributed by atoms with Gasteiger partial charge in [-0.05, 0) is 0 Å². The maximum absolute atomic E-state index is 9.12. The van der Waals surface area contributed by atoms with Crippen LogP contribution < -0.4 is 11.1 Å². The van der Waals surface area contributed by atoms with Crippen LogP contribution in [0.5, 0.6) is 0 Å². The van der Waals surface area contributed by atoms with Crippen molar-refractivity contribution >= 4 is 0 Å². The van der Waals surface area contributed by atoms with E-state index in [1.54, 1.807) is 0 Å². The van der Waals surface area contributed by atoms with Crippen LogP contribution in [0.15, 0.2) is 0 Å². The van der Waals surface area contributed by atoms with Crippen molar-refractivity contribution in [2.75, 3.05) is 6.61 Å². The Morgan fingerprint density at radius 3 is 2.20 bits per heavy atom. The molecule has 1 aliphatic rings. The van der Waals surface area contributed by atoms with Crippen molar-refractivity contribution in [3.63, 3.8) is 0 Å². The van der Waals surface area contributed by atoms with Crippen LogP contribution in [0.1, 0.15) is 0 Å². The first kappa shape index (κ1) is 7.90. The molecule has 10 heavy (non-hydrogen) atoms. The highest BCUT2D eigenvalue weighted by molar-refractivity contribution is 4.95. The van der Waals surface area contributed by atoms with Gasteiger partial charge in [0.15, 0.2) is 0 Å². The Kier molecular flexibility index (Phi) is 2.22. The summed E-state index contributed by atoms with van der Waals surface area (Å²) in [6.07, 6.45) is -1.77. The van der Waals surface area contributed by atoms with E-state index in [4.69, 9.17) is 21.1 Å². The standard InChI is InChI=1S/C5H12N2O3/c6-3-4(9)2(1-8)7-5(3)10/h2-5,7-10H,1,6H2. The summed E-state index contributed by atoms with van der Waals surface area (Å²) in [5, 5.41) is 29.2. The number of rotatable bonds is 1. The minimum absolute atomic E-state index is 0.216. The second-order valence-corrected chi connectivity index (χ2v) is 2.47. The third-order valence-electron chi connectivity index (χ3n) is 1.75.